The van der Waals surface area contributed by atoms with Crippen molar-refractivity contribution < 1.29 is 9.59 Å². The van der Waals surface area contributed by atoms with Gasteiger partial charge < -0.3 is 16.4 Å². The Balaban J connectivity index is 1.89. The van der Waals surface area contributed by atoms with Crippen LogP contribution in [0.3, 0.4) is 0 Å². The minimum Gasteiger partial charge on any atom is -0.366 e. The second-order valence-corrected chi connectivity index (χ2v) is 4.78. The van der Waals surface area contributed by atoms with Gasteiger partial charge in [-0.1, -0.05) is 18.6 Å². The fraction of sp³-hybridized carbons (Fsp3) is 0.429. The topological polar surface area (TPSA) is 84.2 Å². The minimum atomic E-state index is -0.456. The van der Waals surface area contributed by atoms with E-state index in [2.05, 4.69) is 10.6 Å². The summed E-state index contributed by atoms with van der Waals surface area (Å²) < 4.78 is 0. The first kappa shape index (κ1) is 13.5. The fourth-order valence-corrected chi connectivity index (χ4v) is 2.22. The van der Waals surface area contributed by atoms with E-state index in [0.29, 0.717) is 12.1 Å². The van der Waals surface area contributed by atoms with Crippen molar-refractivity contribution in [3.8, 4) is 0 Å². The van der Waals surface area contributed by atoms with Gasteiger partial charge in [0.1, 0.15) is 0 Å². The van der Waals surface area contributed by atoms with Crippen molar-refractivity contribution in [1.82, 2.24) is 10.6 Å². The zero-order chi connectivity index (χ0) is 13.7. The smallest absolute Gasteiger partial charge is 0.248 e. The van der Waals surface area contributed by atoms with E-state index in [9.17, 15) is 9.59 Å². The molecule has 1 aliphatic rings. The summed E-state index contributed by atoms with van der Waals surface area (Å²) in [4.78, 5) is 23.0. The van der Waals surface area contributed by atoms with Crippen LogP contribution in [0.4, 0.5) is 0 Å². The van der Waals surface area contributed by atoms with Crippen LogP contribution in [0.2, 0.25) is 0 Å². The van der Waals surface area contributed by atoms with Crippen LogP contribution < -0.4 is 16.4 Å². The monoisotopic (exact) mass is 261 g/mol. The number of carbonyl (C=O) groups excluding carboxylic acids is 2. The van der Waals surface area contributed by atoms with Gasteiger partial charge in [-0.3, -0.25) is 9.59 Å². The molecule has 1 aromatic rings. The molecule has 2 amide bonds. The highest BCUT2D eigenvalue weighted by molar-refractivity contribution is 5.92. The number of amides is 2. The summed E-state index contributed by atoms with van der Waals surface area (Å²) in [5.74, 6) is -0.439. The van der Waals surface area contributed by atoms with Gasteiger partial charge in [-0.25, -0.2) is 0 Å². The van der Waals surface area contributed by atoms with Crippen LogP contribution in [0, 0.1) is 0 Å². The molecule has 1 atom stereocenters. The quantitative estimate of drug-likeness (QED) is 0.739. The van der Waals surface area contributed by atoms with E-state index < -0.39 is 5.91 Å². The van der Waals surface area contributed by atoms with Crippen LogP contribution in [0.15, 0.2) is 24.3 Å². The zero-order valence-electron chi connectivity index (χ0n) is 10.8. The molecule has 1 heterocycles. The SMILES string of the molecule is NC(=O)c1cccc(CNC(=O)[C@@H]2CCCCN2)c1. The number of primary amides is 1. The summed E-state index contributed by atoms with van der Waals surface area (Å²) in [5.41, 5.74) is 6.56. The summed E-state index contributed by atoms with van der Waals surface area (Å²) >= 11 is 0. The maximum atomic E-state index is 11.9. The normalized spacial score (nSPS) is 18.8. The van der Waals surface area contributed by atoms with Gasteiger partial charge in [0.2, 0.25) is 11.8 Å². The van der Waals surface area contributed by atoms with E-state index in [4.69, 9.17) is 5.73 Å². The van der Waals surface area contributed by atoms with Crippen LogP contribution >= 0.6 is 0 Å². The largest absolute Gasteiger partial charge is 0.366 e. The molecule has 102 valence electrons. The van der Waals surface area contributed by atoms with E-state index in [1.165, 1.54) is 0 Å². The van der Waals surface area contributed by atoms with Crippen molar-refractivity contribution in [1.29, 1.82) is 0 Å². The molecule has 2 rings (SSSR count). The molecule has 0 aromatic heterocycles. The van der Waals surface area contributed by atoms with Crippen molar-refractivity contribution in [3.05, 3.63) is 35.4 Å². The molecule has 0 bridgehead atoms. The fourth-order valence-electron chi connectivity index (χ4n) is 2.22. The summed E-state index contributed by atoms with van der Waals surface area (Å²) in [6, 6.07) is 6.91. The van der Waals surface area contributed by atoms with Gasteiger partial charge >= 0.3 is 0 Å². The molecule has 1 aromatic carbocycles. The predicted molar refractivity (Wildman–Crippen MR) is 72.4 cm³/mol. The summed E-state index contributed by atoms with van der Waals surface area (Å²) in [6.07, 6.45) is 3.10. The molecule has 5 nitrogen and oxygen atoms in total. The van der Waals surface area contributed by atoms with Gasteiger partial charge in [0.15, 0.2) is 0 Å². The predicted octanol–water partition coefficient (Wildman–Crippen LogP) is 0.544. The Kier molecular flexibility index (Phi) is 4.52. The van der Waals surface area contributed by atoms with Gasteiger partial charge in [0.25, 0.3) is 0 Å². The number of rotatable bonds is 4. The lowest BCUT2D eigenvalue weighted by atomic mass is 10.0. The average Bonchev–Trinajstić information content (AvgIpc) is 2.46. The Bertz CT molecular complexity index is 468. The van der Waals surface area contributed by atoms with Gasteiger partial charge in [-0.15, -0.1) is 0 Å². The van der Waals surface area contributed by atoms with Crippen LogP contribution in [0.5, 0.6) is 0 Å². The Morgan fingerprint density at radius 3 is 2.89 bits per heavy atom. The number of hydrogen-bond donors (Lipinski definition) is 3. The third-order valence-electron chi connectivity index (χ3n) is 3.31. The van der Waals surface area contributed by atoms with Gasteiger partial charge in [-0.2, -0.15) is 0 Å². The molecule has 0 saturated carbocycles. The van der Waals surface area contributed by atoms with E-state index in [1.54, 1.807) is 18.2 Å². The molecule has 0 spiro atoms. The maximum Gasteiger partial charge on any atom is 0.248 e. The van der Waals surface area contributed by atoms with Crippen molar-refractivity contribution >= 4 is 11.8 Å². The number of carbonyl (C=O) groups is 2. The van der Waals surface area contributed by atoms with E-state index in [0.717, 1.165) is 31.4 Å². The van der Waals surface area contributed by atoms with Crippen LogP contribution in [0.25, 0.3) is 0 Å². The number of nitrogens with one attached hydrogen (secondary N) is 2. The molecule has 19 heavy (non-hydrogen) atoms. The van der Waals surface area contributed by atoms with Crippen molar-refractivity contribution in [2.45, 2.75) is 31.8 Å². The molecule has 0 radical (unpaired) electrons. The lowest BCUT2D eigenvalue weighted by molar-refractivity contribution is -0.123. The van der Waals surface area contributed by atoms with E-state index >= 15 is 0 Å². The molecular formula is C14H19N3O2. The second-order valence-electron chi connectivity index (χ2n) is 4.78. The Morgan fingerprint density at radius 2 is 2.21 bits per heavy atom. The Labute approximate surface area is 112 Å². The third kappa shape index (κ3) is 3.79. The molecular weight excluding hydrogens is 242 g/mol. The number of benzene rings is 1. The highest BCUT2D eigenvalue weighted by Crippen LogP contribution is 2.08. The molecule has 0 aliphatic carbocycles. The Hall–Kier alpha value is -1.88. The van der Waals surface area contributed by atoms with Crippen LogP contribution in [-0.2, 0) is 11.3 Å². The number of nitrogens with two attached hydrogens (primary N) is 1. The first-order valence-corrected chi connectivity index (χ1v) is 6.56. The summed E-state index contributed by atoms with van der Waals surface area (Å²) in [6.45, 7) is 1.31. The van der Waals surface area contributed by atoms with Gasteiger partial charge in [-0.05, 0) is 37.1 Å². The minimum absolute atomic E-state index is 0.0178. The first-order chi connectivity index (χ1) is 9.16. The molecule has 0 unspecified atom stereocenters. The lowest BCUT2D eigenvalue weighted by Crippen LogP contribution is -2.46. The van der Waals surface area contributed by atoms with Crippen molar-refractivity contribution in [3.63, 3.8) is 0 Å². The molecule has 1 aliphatic heterocycles. The van der Waals surface area contributed by atoms with Crippen molar-refractivity contribution in [2.75, 3.05) is 6.54 Å². The third-order valence-corrected chi connectivity index (χ3v) is 3.31. The van der Waals surface area contributed by atoms with Crippen LogP contribution in [-0.4, -0.2) is 24.4 Å². The highest BCUT2D eigenvalue weighted by Gasteiger charge is 2.19. The van der Waals surface area contributed by atoms with E-state index in [1.807, 2.05) is 6.07 Å². The highest BCUT2D eigenvalue weighted by atomic mass is 16.2. The van der Waals surface area contributed by atoms with Crippen molar-refractivity contribution in [2.24, 2.45) is 5.73 Å². The number of piperidine rings is 1. The average molecular weight is 261 g/mol. The maximum absolute atomic E-state index is 11.9. The molecule has 5 heteroatoms. The first-order valence-electron chi connectivity index (χ1n) is 6.56. The summed E-state index contributed by atoms with van der Waals surface area (Å²) in [7, 11) is 0. The molecule has 1 fully saturated rings. The molecule has 1 saturated heterocycles. The summed E-state index contributed by atoms with van der Waals surface area (Å²) in [5, 5.41) is 6.08. The Morgan fingerprint density at radius 1 is 1.37 bits per heavy atom. The second kappa shape index (κ2) is 6.33. The standard InChI is InChI=1S/C14H19N3O2/c15-13(18)11-5-3-4-10(8-11)9-17-14(19)12-6-1-2-7-16-12/h3-5,8,12,16H,1-2,6-7,9H2,(H2,15,18)(H,17,19)/t12-/m0/s1. The van der Waals surface area contributed by atoms with Gasteiger partial charge in [0.05, 0.1) is 6.04 Å². The van der Waals surface area contributed by atoms with Gasteiger partial charge in [0, 0.05) is 12.1 Å². The molecule has 4 N–H and O–H groups in total. The van der Waals surface area contributed by atoms with Crippen LogP contribution in [0.1, 0.15) is 35.2 Å². The number of hydrogen-bond acceptors (Lipinski definition) is 3. The lowest BCUT2D eigenvalue weighted by Gasteiger charge is -2.22. The van der Waals surface area contributed by atoms with E-state index in [-0.39, 0.29) is 11.9 Å². The zero-order valence-corrected chi connectivity index (χ0v) is 10.8.